The maximum Gasteiger partial charge on any atom is 0.416 e. The molecule has 30 heavy (non-hydrogen) atoms. The molecule has 0 bridgehead atoms. The van der Waals surface area contributed by atoms with E-state index < -0.39 is 23.3 Å². The molecule has 0 spiro atoms. The van der Waals surface area contributed by atoms with Gasteiger partial charge in [-0.25, -0.2) is 0 Å². The van der Waals surface area contributed by atoms with E-state index in [-0.39, 0.29) is 24.3 Å². The topological polar surface area (TPSA) is 61.2 Å². The molecule has 0 atom stereocenters. The van der Waals surface area contributed by atoms with Gasteiger partial charge in [-0.05, 0) is 37.3 Å². The van der Waals surface area contributed by atoms with E-state index in [0.717, 1.165) is 26.9 Å². The van der Waals surface area contributed by atoms with Crippen LogP contribution in [0.1, 0.15) is 17.4 Å². The van der Waals surface area contributed by atoms with Crippen molar-refractivity contribution in [2.45, 2.75) is 19.5 Å². The van der Waals surface area contributed by atoms with Crippen LogP contribution in [0.4, 0.5) is 13.2 Å². The zero-order valence-corrected chi connectivity index (χ0v) is 16.5. The Morgan fingerprint density at radius 3 is 2.50 bits per heavy atom. The number of carbonyl (C=O) groups excluding carboxylic acids is 1. The zero-order chi connectivity index (χ0) is 21.5. The molecule has 2 aromatic rings. The van der Waals surface area contributed by atoms with Gasteiger partial charge < -0.3 is 4.74 Å². The molecule has 154 valence electrons. The molecule has 0 saturated heterocycles. The summed E-state index contributed by atoms with van der Waals surface area (Å²) in [4.78, 5) is 25.7. The summed E-state index contributed by atoms with van der Waals surface area (Å²) in [6, 6.07) is 11.5. The average molecular weight is 432 g/mol. The number of carbonyl (C=O) groups is 1. The highest BCUT2D eigenvalue weighted by Crippen LogP contribution is 2.36. The fraction of sp³-hybridized carbons (Fsp3) is 0.190. The first-order chi connectivity index (χ1) is 14.3. The number of rotatable bonds is 4. The van der Waals surface area contributed by atoms with Gasteiger partial charge in [0.05, 0.1) is 29.8 Å². The summed E-state index contributed by atoms with van der Waals surface area (Å²) in [7, 11) is 0. The molecule has 2 heterocycles. The van der Waals surface area contributed by atoms with Crippen molar-refractivity contribution in [1.29, 1.82) is 0 Å². The minimum Gasteiger partial charge on any atom is -0.466 e. The Morgan fingerprint density at radius 1 is 1.13 bits per heavy atom. The van der Waals surface area contributed by atoms with Crippen LogP contribution < -0.4 is 5.56 Å². The van der Waals surface area contributed by atoms with E-state index in [4.69, 9.17) is 4.74 Å². The molecule has 2 aliphatic rings. The van der Waals surface area contributed by atoms with E-state index in [1.165, 1.54) is 23.5 Å². The van der Waals surface area contributed by atoms with Crippen LogP contribution in [0, 0.1) is 0 Å². The van der Waals surface area contributed by atoms with Crippen molar-refractivity contribution in [2.24, 2.45) is 0 Å². The third kappa shape index (κ3) is 3.56. The maximum atomic E-state index is 13.1. The van der Waals surface area contributed by atoms with E-state index >= 15 is 0 Å². The van der Waals surface area contributed by atoms with E-state index in [0.29, 0.717) is 10.6 Å². The number of aromatic nitrogens is 2. The van der Waals surface area contributed by atoms with Gasteiger partial charge in [0.25, 0.3) is 5.56 Å². The van der Waals surface area contributed by atoms with Crippen LogP contribution >= 0.6 is 11.3 Å². The first kappa shape index (κ1) is 20.1. The maximum absolute atomic E-state index is 13.1. The monoisotopic (exact) mass is 432 g/mol. The quantitative estimate of drug-likeness (QED) is 0.440. The van der Waals surface area contributed by atoms with E-state index in [1.54, 1.807) is 13.0 Å². The second-order valence-electron chi connectivity index (χ2n) is 6.49. The molecule has 9 heteroatoms. The summed E-state index contributed by atoms with van der Waals surface area (Å²) >= 11 is 1.30. The Hall–Kier alpha value is -3.20. The summed E-state index contributed by atoms with van der Waals surface area (Å²) in [6.07, 6.45) is -4.56. The molecule has 0 aromatic heterocycles. The van der Waals surface area contributed by atoms with Crippen LogP contribution in [0.15, 0.2) is 53.3 Å². The highest BCUT2D eigenvalue weighted by atomic mass is 32.1. The minimum atomic E-state index is -4.47. The van der Waals surface area contributed by atoms with Crippen LogP contribution in [-0.4, -0.2) is 22.4 Å². The van der Waals surface area contributed by atoms with Crippen molar-refractivity contribution in [2.75, 3.05) is 6.61 Å². The summed E-state index contributed by atoms with van der Waals surface area (Å²) in [5.74, 6) is -0.466. The SMILES string of the molecule is CCOC(=O)Cc1sc2ccccc2c2nn(-c3ccc(C(F)(F)F)cc3)c(=O)c1-2. The first-order valence-corrected chi connectivity index (χ1v) is 9.88. The Bertz CT molecular complexity index is 1260. The van der Waals surface area contributed by atoms with Gasteiger partial charge in [0, 0.05) is 15.0 Å². The Kier molecular flexibility index (Phi) is 5.07. The number of ether oxygens (including phenoxy) is 1. The van der Waals surface area contributed by atoms with Crippen molar-refractivity contribution in [1.82, 2.24) is 9.78 Å². The number of hydrogen-bond donors (Lipinski definition) is 0. The largest absolute Gasteiger partial charge is 0.466 e. The fourth-order valence-electron chi connectivity index (χ4n) is 3.21. The standard InChI is InChI=1S/C21H15F3N2O3S/c1-2-29-17(27)11-16-18-19(14-5-3-4-6-15(14)30-16)25-26(20(18)28)13-9-7-12(8-10-13)21(22,23)24/h3-10H,2,11H2,1H3. The molecular formula is C21H15F3N2O3S. The van der Waals surface area contributed by atoms with Gasteiger partial charge in [-0.15, -0.1) is 11.3 Å². The smallest absolute Gasteiger partial charge is 0.416 e. The molecule has 2 aromatic carbocycles. The average Bonchev–Trinajstić information content (AvgIpc) is 3.06. The van der Waals surface area contributed by atoms with E-state index in [9.17, 15) is 22.8 Å². The van der Waals surface area contributed by atoms with Gasteiger partial charge in [0.2, 0.25) is 0 Å². The van der Waals surface area contributed by atoms with E-state index in [2.05, 4.69) is 5.10 Å². The lowest BCUT2D eigenvalue weighted by molar-refractivity contribution is -0.142. The second-order valence-corrected chi connectivity index (χ2v) is 7.63. The molecule has 0 amide bonds. The molecule has 0 unspecified atom stereocenters. The van der Waals surface area contributed by atoms with Gasteiger partial charge in [-0.3, -0.25) is 9.59 Å². The summed E-state index contributed by atoms with van der Waals surface area (Å²) in [5, 5.41) is 5.12. The van der Waals surface area contributed by atoms with Crippen LogP contribution in [-0.2, 0) is 22.1 Å². The van der Waals surface area contributed by atoms with Gasteiger partial charge in [0.1, 0.15) is 5.69 Å². The fourth-order valence-corrected chi connectivity index (χ4v) is 4.37. The Balaban J connectivity index is 1.91. The summed E-state index contributed by atoms with van der Waals surface area (Å²) in [5.41, 5.74) is -0.433. The van der Waals surface area contributed by atoms with Crippen molar-refractivity contribution in [3.8, 4) is 16.9 Å². The van der Waals surface area contributed by atoms with E-state index in [1.807, 2.05) is 18.2 Å². The highest BCUT2D eigenvalue weighted by molar-refractivity contribution is 7.19. The molecule has 0 saturated carbocycles. The predicted octanol–water partition coefficient (Wildman–Crippen LogP) is 4.68. The van der Waals surface area contributed by atoms with Crippen molar-refractivity contribution >= 4 is 27.4 Å². The molecule has 0 fully saturated rings. The van der Waals surface area contributed by atoms with Gasteiger partial charge in [-0.2, -0.15) is 23.0 Å². The molecular weight excluding hydrogens is 417 g/mol. The number of alkyl halides is 3. The lowest BCUT2D eigenvalue weighted by Crippen LogP contribution is -2.17. The van der Waals surface area contributed by atoms with Gasteiger partial charge in [0.15, 0.2) is 0 Å². The zero-order valence-electron chi connectivity index (χ0n) is 15.7. The van der Waals surface area contributed by atoms with Gasteiger partial charge in [-0.1, -0.05) is 18.2 Å². The van der Waals surface area contributed by atoms with Crippen molar-refractivity contribution in [3.63, 3.8) is 0 Å². The van der Waals surface area contributed by atoms with Crippen molar-refractivity contribution in [3.05, 3.63) is 69.3 Å². The molecule has 0 N–H and O–H groups in total. The number of nitrogens with zero attached hydrogens (tertiary/aromatic N) is 2. The third-order valence-electron chi connectivity index (χ3n) is 4.55. The number of fused-ring (bicyclic) bond motifs is 3. The Morgan fingerprint density at radius 2 is 1.83 bits per heavy atom. The van der Waals surface area contributed by atoms with Crippen LogP contribution in [0.3, 0.4) is 0 Å². The van der Waals surface area contributed by atoms with Crippen LogP contribution in [0.2, 0.25) is 0 Å². The highest BCUT2D eigenvalue weighted by Gasteiger charge is 2.30. The summed E-state index contributed by atoms with van der Waals surface area (Å²) < 4.78 is 45.5. The molecule has 5 nitrogen and oxygen atoms in total. The Labute approximate surface area is 172 Å². The molecule has 2 aliphatic heterocycles. The number of hydrogen-bond acceptors (Lipinski definition) is 5. The lowest BCUT2D eigenvalue weighted by atomic mass is 10.1. The first-order valence-electron chi connectivity index (χ1n) is 9.06. The third-order valence-corrected chi connectivity index (χ3v) is 5.72. The second kappa shape index (κ2) is 7.56. The lowest BCUT2D eigenvalue weighted by Gasteiger charge is -2.08. The van der Waals surface area contributed by atoms with Crippen LogP contribution in [0.25, 0.3) is 27.0 Å². The molecule has 4 rings (SSSR count). The van der Waals surface area contributed by atoms with Crippen LogP contribution in [0.5, 0.6) is 0 Å². The predicted molar refractivity (Wildman–Crippen MR) is 107 cm³/mol. The number of esters is 1. The minimum absolute atomic E-state index is 0.0895. The number of halogens is 3. The van der Waals surface area contributed by atoms with Crippen molar-refractivity contribution < 1.29 is 22.7 Å². The number of benzene rings is 2. The normalized spacial score (nSPS) is 11.9. The van der Waals surface area contributed by atoms with Gasteiger partial charge >= 0.3 is 12.1 Å². The molecule has 0 aliphatic carbocycles. The summed E-state index contributed by atoms with van der Waals surface area (Å²) in [6.45, 7) is 1.91. The molecule has 0 radical (unpaired) electrons.